The van der Waals surface area contributed by atoms with Crippen molar-refractivity contribution in [3.05, 3.63) is 132 Å². The van der Waals surface area contributed by atoms with Crippen molar-refractivity contribution in [3.8, 4) is 0 Å². The molecule has 0 bridgehead atoms. The van der Waals surface area contributed by atoms with Crippen LogP contribution in [0.25, 0.3) is 0 Å². The standard InChI is InChI=1S/C28H28N8/c1-3-13-25(14-4-1)35(26-15-5-2-6-16-26)36-27(21-29-19-23-11-7-9-17-31-23)33-34-28(36)22-30-20-24-12-8-10-18-32-24/h1-18,29-30H,19-22H2. The number of para-hydroxylation sites is 2. The van der Waals surface area contributed by atoms with E-state index < -0.39 is 0 Å². The summed E-state index contributed by atoms with van der Waals surface area (Å²) in [4.78, 5) is 8.81. The summed E-state index contributed by atoms with van der Waals surface area (Å²) in [6.45, 7) is 2.33. The Hall–Kier alpha value is -4.40. The van der Waals surface area contributed by atoms with Gasteiger partial charge in [0.15, 0.2) is 11.6 Å². The number of pyridine rings is 2. The zero-order chi connectivity index (χ0) is 24.4. The van der Waals surface area contributed by atoms with E-state index in [1.54, 1.807) is 12.4 Å². The van der Waals surface area contributed by atoms with Gasteiger partial charge in [-0.1, -0.05) is 48.5 Å². The summed E-state index contributed by atoms with van der Waals surface area (Å²) in [6.07, 6.45) is 3.61. The van der Waals surface area contributed by atoms with Crippen LogP contribution in [0.5, 0.6) is 0 Å². The van der Waals surface area contributed by atoms with Gasteiger partial charge < -0.3 is 10.6 Å². The van der Waals surface area contributed by atoms with Gasteiger partial charge in [-0.15, -0.1) is 10.2 Å². The van der Waals surface area contributed by atoms with Crippen LogP contribution in [0.4, 0.5) is 11.4 Å². The molecular formula is C28H28N8. The molecule has 8 heteroatoms. The Kier molecular flexibility index (Phi) is 7.67. The van der Waals surface area contributed by atoms with Crippen LogP contribution in [0.3, 0.4) is 0 Å². The summed E-state index contributed by atoms with van der Waals surface area (Å²) in [5.74, 6) is 1.60. The van der Waals surface area contributed by atoms with E-state index in [4.69, 9.17) is 0 Å². The van der Waals surface area contributed by atoms with E-state index in [0.29, 0.717) is 26.2 Å². The first-order valence-electron chi connectivity index (χ1n) is 11.9. The molecule has 8 nitrogen and oxygen atoms in total. The molecule has 2 N–H and O–H groups in total. The monoisotopic (exact) mass is 476 g/mol. The van der Waals surface area contributed by atoms with Gasteiger partial charge in [0, 0.05) is 25.5 Å². The molecule has 0 amide bonds. The molecule has 0 saturated heterocycles. The van der Waals surface area contributed by atoms with Crippen molar-refractivity contribution in [3.63, 3.8) is 0 Å². The number of anilines is 2. The lowest BCUT2D eigenvalue weighted by Crippen LogP contribution is -2.32. The van der Waals surface area contributed by atoms with Crippen molar-refractivity contribution in [2.45, 2.75) is 26.2 Å². The molecule has 2 aromatic carbocycles. The molecule has 3 heterocycles. The maximum Gasteiger partial charge on any atom is 0.166 e. The van der Waals surface area contributed by atoms with Gasteiger partial charge in [-0.2, -0.15) is 0 Å². The molecule has 0 aliphatic carbocycles. The van der Waals surface area contributed by atoms with Crippen molar-refractivity contribution in [2.75, 3.05) is 5.01 Å². The fourth-order valence-electron chi connectivity index (χ4n) is 3.93. The van der Waals surface area contributed by atoms with Gasteiger partial charge >= 0.3 is 0 Å². The molecule has 3 aromatic heterocycles. The summed E-state index contributed by atoms with van der Waals surface area (Å²) in [5, 5.41) is 18.2. The fourth-order valence-corrected chi connectivity index (χ4v) is 3.93. The van der Waals surface area contributed by atoms with Crippen LogP contribution in [0.1, 0.15) is 23.0 Å². The summed E-state index contributed by atoms with van der Waals surface area (Å²) in [7, 11) is 0. The number of hydrogen-bond donors (Lipinski definition) is 2. The van der Waals surface area contributed by atoms with Crippen molar-refractivity contribution in [1.82, 2.24) is 35.5 Å². The van der Waals surface area contributed by atoms with Crippen LogP contribution in [0, 0.1) is 0 Å². The number of rotatable bonds is 11. The van der Waals surface area contributed by atoms with Crippen LogP contribution in [-0.4, -0.2) is 24.8 Å². The lowest BCUT2D eigenvalue weighted by molar-refractivity contribution is 0.587. The summed E-state index contributed by atoms with van der Waals surface area (Å²) in [6, 6.07) is 32.4. The average molecular weight is 477 g/mol. The number of aromatic nitrogens is 5. The number of nitrogens with one attached hydrogen (secondary N) is 2. The van der Waals surface area contributed by atoms with Gasteiger partial charge in [-0.05, 0) is 48.5 Å². The smallest absolute Gasteiger partial charge is 0.166 e. The second-order valence-corrected chi connectivity index (χ2v) is 8.18. The normalized spacial score (nSPS) is 10.9. The summed E-state index contributed by atoms with van der Waals surface area (Å²) < 4.78 is 2.08. The molecule has 0 aliphatic heterocycles. The second kappa shape index (κ2) is 11.8. The Bertz CT molecular complexity index is 1220. The maximum absolute atomic E-state index is 4.58. The molecule has 0 saturated carbocycles. The van der Waals surface area contributed by atoms with Crippen LogP contribution in [0.15, 0.2) is 109 Å². The predicted molar refractivity (Wildman–Crippen MR) is 140 cm³/mol. The highest BCUT2D eigenvalue weighted by molar-refractivity contribution is 5.62. The van der Waals surface area contributed by atoms with Crippen molar-refractivity contribution < 1.29 is 0 Å². The van der Waals surface area contributed by atoms with Crippen LogP contribution >= 0.6 is 0 Å². The molecule has 0 radical (unpaired) electrons. The highest BCUT2D eigenvalue weighted by Crippen LogP contribution is 2.27. The van der Waals surface area contributed by atoms with Gasteiger partial charge in [-0.3, -0.25) is 9.97 Å². The molecule has 5 rings (SSSR count). The highest BCUT2D eigenvalue weighted by atomic mass is 15.6. The molecular weight excluding hydrogens is 448 g/mol. The Labute approximate surface area is 210 Å². The second-order valence-electron chi connectivity index (χ2n) is 8.18. The molecule has 5 aromatic rings. The third-order valence-corrected chi connectivity index (χ3v) is 5.60. The van der Waals surface area contributed by atoms with Gasteiger partial charge in [-0.25, -0.2) is 9.69 Å². The van der Waals surface area contributed by atoms with E-state index in [9.17, 15) is 0 Å². The molecule has 0 atom stereocenters. The van der Waals surface area contributed by atoms with Crippen molar-refractivity contribution in [2.24, 2.45) is 0 Å². The van der Waals surface area contributed by atoms with Gasteiger partial charge in [0.25, 0.3) is 0 Å². The largest absolute Gasteiger partial charge is 0.304 e. The van der Waals surface area contributed by atoms with Crippen molar-refractivity contribution in [1.29, 1.82) is 0 Å². The molecule has 0 spiro atoms. The first kappa shape index (κ1) is 23.3. The van der Waals surface area contributed by atoms with E-state index in [1.807, 2.05) is 72.8 Å². The number of benzene rings is 2. The minimum Gasteiger partial charge on any atom is -0.304 e. The van der Waals surface area contributed by atoms with E-state index >= 15 is 0 Å². The van der Waals surface area contributed by atoms with Gasteiger partial charge in [0.2, 0.25) is 0 Å². The molecule has 0 fully saturated rings. The minimum absolute atomic E-state index is 0.528. The zero-order valence-electron chi connectivity index (χ0n) is 19.9. The average Bonchev–Trinajstić information content (AvgIpc) is 3.33. The zero-order valence-corrected chi connectivity index (χ0v) is 19.9. The Morgan fingerprint density at radius 2 is 0.972 bits per heavy atom. The van der Waals surface area contributed by atoms with Crippen LogP contribution in [0.2, 0.25) is 0 Å². The van der Waals surface area contributed by atoms with E-state index in [-0.39, 0.29) is 0 Å². The van der Waals surface area contributed by atoms with Gasteiger partial charge in [0.05, 0.1) is 35.9 Å². The van der Waals surface area contributed by atoms with E-state index in [2.05, 4.69) is 64.7 Å². The fraction of sp³-hybridized carbons (Fsp3) is 0.143. The van der Waals surface area contributed by atoms with Crippen molar-refractivity contribution >= 4 is 11.4 Å². The maximum atomic E-state index is 4.58. The first-order chi connectivity index (χ1) is 17.9. The third-order valence-electron chi connectivity index (χ3n) is 5.60. The minimum atomic E-state index is 0.528. The number of hydrogen-bond acceptors (Lipinski definition) is 7. The SMILES string of the molecule is c1ccc(N(c2ccccc2)n2c(CNCc3ccccn3)nnc2CNCc2ccccn2)cc1. The Morgan fingerprint density at radius 1 is 0.528 bits per heavy atom. The first-order valence-corrected chi connectivity index (χ1v) is 11.9. The van der Waals surface area contributed by atoms with Crippen LogP contribution < -0.4 is 15.6 Å². The number of nitrogens with zero attached hydrogens (tertiary/aromatic N) is 6. The van der Waals surface area contributed by atoms with Crippen LogP contribution in [-0.2, 0) is 26.2 Å². The quantitative estimate of drug-likeness (QED) is 0.295. The summed E-state index contributed by atoms with van der Waals surface area (Å²) in [5.41, 5.74) is 3.98. The molecule has 0 unspecified atom stereocenters. The summed E-state index contributed by atoms with van der Waals surface area (Å²) >= 11 is 0. The molecule has 36 heavy (non-hydrogen) atoms. The van der Waals surface area contributed by atoms with Gasteiger partial charge in [0.1, 0.15) is 0 Å². The molecule has 180 valence electrons. The third kappa shape index (κ3) is 5.80. The lowest BCUT2D eigenvalue weighted by Gasteiger charge is -2.28. The molecule has 0 aliphatic rings. The topological polar surface area (TPSA) is 83.8 Å². The highest BCUT2D eigenvalue weighted by Gasteiger charge is 2.21. The van der Waals surface area contributed by atoms with E-state index in [1.165, 1.54) is 0 Å². The Balaban J connectivity index is 1.45. The predicted octanol–water partition coefficient (Wildman–Crippen LogP) is 4.25. The Morgan fingerprint density at radius 3 is 1.39 bits per heavy atom. The lowest BCUT2D eigenvalue weighted by atomic mass is 10.2. The van der Waals surface area contributed by atoms with E-state index in [0.717, 1.165) is 34.4 Å².